The number of amides is 1. The molecule has 1 aromatic heterocycles. The van der Waals surface area contributed by atoms with E-state index in [1.165, 1.54) is 0 Å². The molecule has 0 aliphatic carbocycles. The van der Waals surface area contributed by atoms with Crippen molar-refractivity contribution < 1.29 is 9.00 Å². The highest BCUT2D eigenvalue weighted by atomic mass is 35.5. The molecule has 4 rings (SSSR count). The van der Waals surface area contributed by atoms with Crippen molar-refractivity contribution in [3.05, 3.63) is 75.4 Å². The van der Waals surface area contributed by atoms with Crippen LogP contribution in [-0.4, -0.2) is 19.9 Å². The molecule has 1 amide bonds. The first-order valence-corrected chi connectivity index (χ1v) is 10.4. The summed E-state index contributed by atoms with van der Waals surface area (Å²) in [7, 11) is -0.987. The molecule has 27 heavy (non-hydrogen) atoms. The molecule has 2 heterocycles. The van der Waals surface area contributed by atoms with Gasteiger partial charge in [0, 0.05) is 26.9 Å². The van der Waals surface area contributed by atoms with Gasteiger partial charge in [-0.25, -0.2) is 4.68 Å². The summed E-state index contributed by atoms with van der Waals surface area (Å²) < 4.78 is 13.7. The number of halogens is 1. The molecule has 2 aromatic carbocycles. The van der Waals surface area contributed by atoms with Crippen LogP contribution in [0.2, 0.25) is 5.02 Å². The number of fused-ring (bicyclic) bond motifs is 1. The van der Waals surface area contributed by atoms with E-state index in [0.29, 0.717) is 27.9 Å². The molecule has 1 N–H and O–H groups in total. The van der Waals surface area contributed by atoms with Crippen LogP contribution in [0.3, 0.4) is 0 Å². The Labute approximate surface area is 164 Å². The third-order valence-electron chi connectivity index (χ3n) is 4.72. The van der Waals surface area contributed by atoms with Crippen LogP contribution >= 0.6 is 11.6 Å². The molecule has 1 atom stereocenters. The van der Waals surface area contributed by atoms with Crippen LogP contribution in [-0.2, 0) is 22.3 Å². The average Bonchev–Trinajstić information content (AvgIpc) is 3.14. The van der Waals surface area contributed by atoms with Crippen LogP contribution in [0.15, 0.2) is 42.5 Å². The van der Waals surface area contributed by atoms with Gasteiger partial charge in [-0.05, 0) is 55.3 Å². The van der Waals surface area contributed by atoms with E-state index in [-0.39, 0.29) is 5.91 Å². The lowest BCUT2D eigenvalue weighted by Crippen LogP contribution is -2.17. The van der Waals surface area contributed by atoms with Gasteiger partial charge in [0.1, 0.15) is 5.82 Å². The fourth-order valence-corrected chi connectivity index (χ4v) is 4.56. The molecule has 7 heteroatoms. The van der Waals surface area contributed by atoms with Crippen molar-refractivity contribution in [3.63, 3.8) is 0 Å². The maximum atomic E-state index is 12.9. The summed E-state index contributed by atoms with van der Waals surface area (Å²) in [4.78, 5) is 12.9. The molecule has 3 aromatic rings. The lowest BCUT2D eigenvalue weighted by Gasteiger charge is -2.12. The van der Waals surface area contributed by atoms with Crippen molar-refractivity contribution >= 4 is 34.1 Å². The molecule has 0 unspecified atom stereocenters. The molecule has 0 radical (unpaired) electrons. The fourth-order valence-electron chi connectivity index (χ4n) is 3.11. The highest BCUT2D eigenvalue weighted by Crippen LogP contribution is 2.32. The van der Waals surface area contributed by atoms with Crippen molar-refractivity contribution in [2.75, 3.05) is 5.32 Å². The van der Waals surface area contributed by atoms with E-state index in [1.54, 1.807) is 22.9 Å². The molecule has 0 saturated carbocycles. The monoisotopic (exact) mass is 399 g/mol. The number of hydrogen-bond donors (Lipinski definition) is 1. The van der Waals surface area contributed by atoms with Gasteiger partial charge in [0.05, 0.1) is 22.9 Å². The quantitative estimate of drug-likeness (QED) is 0.719. The van der Waals surface area contributed by atoms with Gasteiger partial charge in [-0.2, -0.15) is 5.10 Å². The van der Waals surface area contributed by atoms with Gasteiger partial charge in [0.25, 0.3) is 5.91 Å². The number of nitrogens with one attached hydrogen (secondary N) is 1. The average molecular weight is 400 g/mol. The van der Waals surface area contributed by atoms with E-state index in [9.17, 15) is 9.00 Å². The highest BCUT2D eigenvalue weighted by molar-refractivity contribution is 7.83. The first-order valence-electron chi connectivity index (χ1n) is 8.52. The Hall–Kier alpha value is -2.44. The van der Waals surface area contributed by atoms with Gasteiger partial charge < -0.3 is 5.32 Å². The van der Waals surface area contributed by atoms with Crippen LogP contribution in [0.1, 0.15) is 32.7 Å². The largest absolute Gasteiger partial charge is 0.306 e. The van der Waals surface area contributed by atoms with Crippen molar-refractivity contribution in [1.29, 1.82) is 0 Å². The van der Waals surface area contributed by atoms with Crippen LogP contribution in [0.4, 0.5) is 5.82 Å². The minimum atomic E-state index is -0.987. The topological polar surface area (TPSA) is 64.0 Å². The molecule has 0 fully saturated rings. The second-order valence-corrected chi connectivity index (χ2v) is 8.54. The van der Waals surface area contributed by atoms with Crippen LogP contribution < -0.4 is 5.32 Å². The third kappa shape index (κ3) is 3.42. The lowest BCUT2D eigenvalue weighted by molar-refractivity contribution is 0.102. The molecule has 0 spiro atoms. The van der Waals surface area contributed by atoms with Crippen LogP contribution in [0.5, 0.6) is 0 Å². The fraction of sp³-hybridized carbons (Fsp3) is 0.200. The molecule has 5 nitrogen and oxygen atoms in total. The summed E-state index contributed by atoms with van der Waals surface area (Å²) in [6.45, 7) is 3.98. The van der Waals surface area contributed by atoms with Gasteiger partial charge in [0.15, 0.2) is 0 Å². The number of aromatic nitrogens is 2. The van der Waals surface area contributed by atoms with E-state index in [1.807, 2.05) is 38.1 Å². The number of benzene rings is 2. The number of carbonyl (C=O) groups excluding carboxylic acids is 1. The number of aryl methyl sites for hydroxylation is 2. The van der Waals surface area contributed by atoms with Gasteiger partial charge in [-0.1, -0.05) is 23.7 Å². The number of hydrogen-bond acceptors (Lipinski definition) is 3. The first-order chi connectivity index (χ1) is 12.9. The number of rotatable bonds is 3. The third-order valence-corrected chi connectivity index (χ3v) is 6.16. The molecule has 1 aliphatic rings. The molecule has 0 bridgehead atoms. The van der Waals surface area contributed by atoms with Crippen LogP contribution in [0, 0.1) is 13.8 Å². The van der Waals surface area contributed by atoms with E-state index in [4.69, 9.17) is 11.6 Å². The summed E-state index contributed by atoms with van der Waals surface area (Å²) in [5.74, 6) is 1.12. The zero-order valence-electron chi connectivity index (χ0n) is 15.0. The minimum Gasteiger partial charge on any atom is -0.306 e. The van der Waals surface area contributed by atoms with Crippen molar-refractivity contribution in [2.45, 2.75) is 25.4 Å². The van der Waals surface area contributed by atoms with Crippen molar-refractivity contribution in [3.8, 4) is 5.69 Å². The first kappa shape index (κ1) is 17.9. The smallest absolute Gasteiger partial charge is 0.256 e. The zero-order valence-corrected chi connectivity index (χ0v) is 16.5. The van der Waals surface area contributed by atoms with Gasteiger partial charge in [0.2, 0.25) is 0 Å². The lowest BCUT2D eigenvalue weighted by atomic mass is 10.1. The van der Waals surface area contributed by atoms with E-state index < -0.39 is 10.8 Å². The SMILES string of the molecule is Cc1ccc(C(=O)Nc2c3c(nn2-c2cccc(Cl)c2)C[S@@](=O)C3)cc1C. The summed E-state index contributed by atoms with van der Waals surface area (Å²) in [6, 6.07) is 12.9. The highest BCUT2D eigenvalue weighted by Gasteiger charge is 2.28. The minimum absolute atomic E-state index is 0.221. The molecule has 138 valence electrons. The summed E-state index contributed by atoms with van der Waals surface area (Å²) in [5.41, 5.74) is 5.08. The second-order valence-electron chi connectivity index (χ2n) is 6.65. The van der Waals surface area contributed by atoms with Gasteiger partial charge in [-0.15, -0.1) is 0 Å². The van der Waals surface area contributed by atoms with Crippen molar-refractivity contribution in [1.82, 2.24) is 9.78 Å². The summed E-state index contributed by atoms with van der Waals surface area (Å²) >= 11 is 6.12. The molecule has 0 saturated heterocycles. The summed E-state index contributed by atoms with van der Waals surface area (Å²) in [6.07, 6.45) is 0. The van der Waals surface area contributed by atoms with Crippen molar-refractivity contribution in [2.24, 2.45) is 0 Å². The van der Waals surface area contributed by atoms with E-state index >= 15 is 0 Å². The Kier molecular flexibility index (Phi) is 4.61. The Morgan fingerprint density at radius 2 is 1.96 bits per heavy atom. The zero-order chi connectivity index (χ0) is 19.1. The van der Waals surface area contributed by atoms with E-state index in [0.717, 1.165) is 28.1 Å². The maximum Gasteiger partial charge on any atom is 0.256 e. The Morgan fingerprint density at radius 1 is 1.15 bits per heavy atom. The number of carbonyl (C=O) groups is 1. The Morgan fingerprint density at radius 3 is 2.70 bits per heavy atom. The normalized spacial score (nSPS) is 15.6. The molecule has 1 aliphatic heterocycles. The predicted octanol–water partition coefficient (Wildman–Crippen LogP) is 4.16. The van der Waals surface area contributed by atoms with Crippen LogP contribution in [0.25, 0.3) is 5.69 Å². The van der Waals surface area contributed by atoms with Gasteiger partial charge in [-0.3, -0.25) is 9.00 Å². The molecular formula is C20H18ClN3O2S. The maximum absolute atomic E-state index is 12.9. The number of nitrogens with zero attached hydrogens (tertiary/aromatic N) is 2. The molecular weight excluding hydrogens is 382 g/mol. The standard InChI is InChI=1S/C20H18ClN3O2S/c1-12-6-7-14(8-13(12)2)20(25)22-19-17-10-27(26)11-18(17)23-24(19)16-5-3-4-15(21)9-16/h3-9H,10-11H2,1-2H3,(H,22,25)/t27-/m0/s1. The second kappa shape index (κ2) is 6.94. The van der Waals surface area contributed by atoms with E-state index in [2.05, 4.69) is 10.4 Å². The number of anilines is 1. The summed E-state index contributed by atoms with van der Waals surface area (Å²) in [5, 5.41) is 8.14. The predicted molar refractivity (Wildman–Crippen MR) is 108 cm³/mol. The Balaban J connectivity index is 1.76. The van der Waals surface area contributed by atoms with Gasteiger partial charge >= 0.3 is 0 Å². The Bertz CT molecular complexity index is 1090.